The molecular weight excluding hydrogens is 77.5 g/mol. The summed E-state index contributed by atoms with van der Waals surface area (Å²) in [6, 6.07) is 0. The van der Waals surface area contributed by atoms with Crippen molar-refractivity contribution in [3.05, 3.63) is 0 Å². The van der Waals surface area contributed by atoms with Gasteiger partial charge in [-0.1, -0.05) is 0 Å². The van der Waals surface area contributed by atoms with Gasteiger partial charge >= 0.3 is 0 Å². The quantitative estimate of drug-likeness (QED) is 0.208. The van der Waals surface area contributed by atoms with E-state index in [0.717, 1.165) is 0 Å². The Bertz CT molecular complexity index is 3.25. The van der Waals surface area contributed by atoms with E-state index in [-0.39, 0.29) is 18.6 Å². The smallest absolute Gasteiger partial charge is 0.274 e. The van der Waals surface area contributed by atoms with E-state index in [9.17, 15) is 0 Å². The van der Waals surface area contributed by atoms with Crippen LogP contribution in [0.2, 0.25) is 0 Å². The third kappa shape index (κ3) is 103. The van der Waals surface area contributed by atoms with Crippen LogP contribution in [0, 0.1) is 0 Å². The standard InChI is InChI=1S/ClH.H4N2.H3N/c;1-2;/h1H;1-2H2;1H3. The molecular formula is H8ClN3. The molecule has 0 aliphatic rings. The van der Waals surface area contributed by atoms with Gasteiger partial charge in [0.05, 0.1) is 0 Å². The highest BCUT2D eigenvalue weighted by atomic mass is 35.5. The summed E-state index contributed by atoms with van der Waals surface area (Å²) < 4.78 is 0. The molecule has 0 aromatic rings. The van der Waals surface area contributed by atoms with Gasteiger partial charge in [-0.15, -0.1) is 0 Å². The molecule has 30 valence electrons. The molecule has 0 atom stereocenters. The molecule has 0 amide bonds. The maximum absolute atomic E-state index is 4.00. The lowest BCUT2D eigenvalue weighted by atomic mass is 13.0. The van der Waals surface area contributed by atoms with E-state index >= 15 is 0 Å². The van der Waals surface area contributed by atoms with Gasteiger partial charge in [-0.25, -0.2) is 0 Å². The molecule has 0 spiro atoms. The topological polar surface area (TPSA) is 88.5 Å². The highest BCUT2D eigenvalue weighted by Gasteiger charge is 0.726. The van der Waals surface area contributed by atoms with Gasteiger partial charge in [0.2, 0.25) is 0 Å². The van der Waals surface area contributed by atoms with Crippen molar-refractivity contribution >= 4 is 0 Å². The van der Waals surface area contributed by atoms with Crippen LogP contribution in [-0.4, -0.2) is 0 Å². The van der Waals surface area contributed by atoms with Crippen LogP contribution in [-0.2, 0) is 0 Å². The van der Waals surface area contributed by atoms with Gasteiger partial charge in [-0.3, -0.25) is 11.7 Å². The second kappa shape index (κ2) is 517. The van der Waals surface area contributed by atoms with Crippen molar-refractivity contribution in [2.45, 2.75) is 0 Å². The Morgan fingerprint density at radius 2 is 1.00 bits per heavy atom. The van der Waals surface area contributed by atoms with E-state index in [1.807, 2.05) is 0 Å². The minimum Gasteiger partial charge on any atom is -1.00 e. The zero-order chi connectivity index (χ0) is 2.00. The second-order valence-corrected chi connectivity index (χ2v) is 0. The van der Waals surface area contributed by atoms with Gasteiger partial charge in [0, 0.05) is 0 Å². The van der Waals surface area contributed by atoms with Crippen molar-refractivity contribution in [1.29, 1.82) is 0 Å². The van der Waals surface area contributed by atoms with E-state index in [1.54, 1.807) is 0 Å². The van der Waals surface area contributed by atoms with Crippen LogP contribution in [0.5, 0.6) is 0 Å². The van der Waals surface area contributed by atoms with Gasteiger partial charge in [0.15, 0.2) is 0 Å². The molecule has 0 unspecified atom stereocenters. The predicted octanol–water partition coefficient (Wildman–Crippen LogP) is -3.80. The fraction of sp³-hybridized carbons (Fsp3) is 0. The zero-order valence-electron chi connectivity index (χ0n) is 2.53. The molecule has 0 aliphatic carbocycles. The van der Waals surface area contributed by atoms with E-state index < -0.39 is 0 Å². The average Bonchev–Trinajstić information content (AvgIpc) is 1.00. The maximum Gasteiger partial charge on any atom is -0.274 e. The summed E-state index contributed by atoms with van der Waals surface area (Å²) in [4.78, 5) is 0. The molecule has 0 fully saturated rings. The number of hydrogen-bond donors (Lipinski definition) is 3. The van der Waals surface area contributed by atoms with Crippen LogP contribution in [0.4, 0.5) is 0 Å². The van der Waals surface area contributed by atoms with Gasteiger partial charge in [-0.2, -0.15) is 0 Å². The normalized spacial score (nSPS) is 1.50. The average molecular weight is 85.5 g/mol. The summed E-state index contributed by atoms with van der Waals surface area (Å²) >= 11 is 0. The zero-order valence-corrected chi connectivity index (χ0v) is 3.29. The lowest BCUT2D eigenvalue weighted by Crippen LogP contribution is -3.00. The number of halogens is 1. The highest BCUT2D eigenvalue weighted by molar-refractivity contribution is 3.26. The van der Waals surface area contributed by atoms with Crippen LogP contribution < -0.4 is 30.2 Å². The highest BCUT2D eigenvalue weighted by Crippen LogP contribution is -0.0190. The van der Waals surface area contributed by atoms with Gasteiger partial charge in [-0.05, 0) is 0 Å². The monoisotopic (exact) mass is 85.0 g/mol. The molecule has 0 aromatic heterocycles. The Balaban J connectivity index is -0.00000000500. The molecule has 8 N–H and O–H groups in total. The first-order chi connectivity index (χ1) is 1.00. The summed E-state index contributed by atoms with van der Waals surface area (Å²) in [5.41, 5.74) is 0. The lowest BCUT2D eigenvalue weighted by molar-refractivity contribution is -0.00000108. The second-order valence-electron chi connectivity index (χ2n) is 0. The molecule has 4 heavy (non-hydrogen) atoms. The van der Waals surface area contributed by atoms with Crippen molar-refractivity contribution in [2.24, 2.45) is 11.7 Å². The van der Waals surface area contributed by atoms with Crippen LogP contribution in [0.1, 0.15) is 0 Å². The first-order valence-electron chi connectivity index (χ1n) is 0.333. The first-order valence-corrected chi connectivity index (χ1v) is 0.333. The molecule has 0 bridgehead atoms. The Morgan fingerprint density at radius 3 is 1.00 bits per heavy atom. The van der Waals surface area contributed by atoms with Crippen molar-refractivity contribution in [3.8, 4) is 0 Å². The SMILES string of the molecule is NN.[Cl-].[NH4+]. The Morgan fingerprint density at radius 1 is 1.00 bits per heavy atom. The number of rotatable bonds is 0. The fourth-order valence-electron chi connectivity index (χ4n) is 0. The minimum atomic E-state index is 0. The van der Waals surface area contributed by atoms with Crippen molar-refractivity contribution in [3.63, 3.8) is 0 Å². The molecule has 0 saturated carbocycles. The third-order valence-corrected chi connectivity index (χ3v) is 0. The van der Waals surface area contributed by atoms with Crippen molar-refractivity contribution in [2.75, 3.05) is 0 Å². The predicted molar refractivity (Wildman–Crippen MR) is 14.4 cm³/mol. The minimum absolute atomic E-state index is 0. The summed E-state index contributed by atoms with van der Waals surface area (Å²) in [7, 11) is 0. The molecule has 0 rings (SSSR count). The molecule has 0 radical (unpaired) electrons. The summed E-state index contributed by atoms with van der Waals surface area (Å²) in [6.07, 6.45) is 0. The van der Waals surface area contributed by atoms with E-state index in [4.69, 9.17) is 0 Å². The van der Waals surface area contributed by atoms with Gasteiger partial charge in [0.1, 0.15) is 0 Å². The maximum atomic E-state index is 4.00. The van der Waals surface area contributed by atoms with E-state index in [0.29, 0.717) is 0 Å². The third-order valence-electron chi connectivity index (χ3n) is 0. The molecule has 0 heterocycles. The van der Waals surface area contributed by atoms with Crippen LogP contribution in [0.3, 0.4) is 0 Å². The van der Waals surface area contributed by atoms with E-state index in [2.05, 4.69) is 11.7 Å². The number of quaternary nitrogens is 1. The number of nitrogens with two attached hydrogens (primary N) is 2. The molecule has 4 heteroatoms. The molecule has 0 aliphatic heterocycles. The first kappa shape index (κ1) is 30.6. The Kier molecular flexibility index (Phi) is 3950. The molecule has 3 nitrogen and oxygen atoms in total. The number of hydrogen-bond acceptors (Lipinski definition) is 2. The number of hydrazine groups is 1. The van der Waals surface area contributed by atoms with Crippen LogP contribution >= 0.6 is 0 Å². The summed E-state index contributed by atoms with van der Waals surface area (Å²) in [5, 5.41) is 0. The Hall–Kier alpha value is 0.170. The fourth-order valence-corrected chi connectivity index (χ4v) is 0. The summed E-state index contributed by atoms with van der Waals surface area (Å²) in [6.45, 7) is 0. The van der Waals surface area contributed by atoms with Crippen molar-refractivity contribution < 1.29 is 12.4 Å². The largest absolute Gasteiger partial charge is 1.00 e. The molecule has 0 aromatic carbocycles. The lowest BCUT2D eigenvalue weighted by Gasteiger charge is -1.27. The van der Waals surface area contributed by atoms with E-state index in [1.165, 1.54) is 0 Å². The van der Waals surface area contributed by atoms with Gasteiger partial charge < -0.3 is 18.6 Å². The van der Waals surface area contributed by atoms with Gasteiger partial charge in [0.25, 0.3) is 0 Å². The summed E-state index contributed by atoms with van der Waals surface area (Å²) in [5.74, 6) is 8.00. The van der Waals surface area contributed by atoms with Crippen LogP contribution in [0.25, 0.3) is 0 Å². The Labute approximate surface area is 31.3 Å². The van der Waals surface area contributed by atoms with Crippen molar-refractivity contribution in [1.82, 2.24) is 6.15 Å². The molecule has 0 saturated heterocycles. The van der Waals surface area contributed by atoms with Crippen LogP contribution in [0.15, 0.2) is 0 Å².